The lowest BCUT2D eigenvalue weighted by Gasteiger charge is -2.09. The van der Waals surface area contributed by atoms with E-state index in [4.69, 9.17) is 26.3 Å². The van der Waals surface area contributed by atoms with Crippen molar-refractivity contribution in [3.05, 3.63) is 77.4 Å². The normalized spacial score (nSPS) is 9.91. The van der Waals surface area contributed by atoms with Gasteiger partial charge in [0.05, 0.1) is 11.6 Å². The fourth-order valence-corrected chi connectivity index (χ4v) is 2.14. The van der Waals surface area contributed by atoms with Crippen LogP contribution in [0.4, 0.5) is 0 Å². The molecular weight excluding hydrogens is 312 g/mol. The van der Waals surface area contributed by atoms with Crippen LogP contribution in [0.25, 0.3) is 0 Å². The van der Waals surface area contributed by atoms with Gasteiger partial charge < -0.3 is 9.47 Å². The highest BCUT2D eigenvalue weighted by Crippen LogP contribution is 2.28. The van der Waals surface area contributed by atoms with Crippen LogP contribution in [0.3, 0.4) is 0 Å². The molecule has 0 aliphatic rings. The van der Waals surface area contributed by atoms with Crippen molar-refractivity contribution >= 4 is 11.6 Å². The van der Waals surface area contributed by atoms with Gasteiger partial charge in [0.1, 0.15) is 22.4 Å². The fourth-order valence-electron chi connectivity index (χ4n) is 1.94. The zero-order valence-corrected chi connectivity index (χ0v) is 12.7. The zero-order valence-electron chi connectivity index (χ0n) is 11.9. The summed E-state index contributed by atoms with van der Waals surface area (Å²) in [7, 11) is 0. The van der Waals surface area contributed by atoms with E-state index in [2.05, 4.69) is 4.98 Å². The predicted molar refractivity (Wildman–Crippen MR) is 87.0 cm³/mol. The summed E-state index contributed by atoms with van der Waals surface area (Å²) in [5.41, 5.74) is 0.386. The molecule has 4 nitrogen and oxygen atoms in total. The van der Waals surface area contributed by atoms with E-state index >= 15 is 0 Å². The van der Waals surface area contributed by atoms with Crippen LogP contribution in [-0.4, -0.2) is 4.98 Å². The maximum Gasteiger partial charge on any atom is 0.221 e. The van der Waals surface area contributed by atoms with Gasteiger partial charge in [-0.15, -0.1) is 0 Å². The first-order valence-electron chi connectivity index (χ1n) is 6.81. The summed E-state index contributed by atoms with van der Waals surface area (Å²) in [5.74, 6) is 2.16. The van der Waals surface area contributed by atoms with Crippen molar-refractivity contribution in [3.8, 4) is 29.2 Å². The summed E-state index contributed by atoms with van der Waals surface area (Å²) in [6.07, 6.45) is 0. The number of halogens is 1. The van der Waals surface area contributed by atoms with E-state index in [1.54, 1.807) is 12.1 Å². The highest BCUT2D eigenvalue weighted by Gasteiger charge is 2.05. The van der Waals surface area contributed by atoms with Crippen molar-refractivity contribution in [1.82, 2.24) is 4.98 Å². The smallest absolute Gasteiger partial charge is 0.221 e. The SMILES string of the molecule is N#Cc1cc(Cl)nc(Oc2cccc(Oc3ccccc3)c2)c1. The molecule has 1 heterocycles. The lowest BCUT2D eigenvalue weighted by atomic mass is 10.3. The number of benzene rings is 2. The molecule has 0 bridgehead atoms. The molecule has 3 aromatic rings. The number of nitrogens with zero attached hydrogens (tertiary/aromatic N) is 2. The Morgan fingerprint density at radius 2 is 1.52 bits per heavy atom. The largest absolute Gasteiger partial charge is 0.457 e. The molecule has 2 aromatic carbocycles. The van der Waals surface area contributed by atoms with Crippen LogP contribution in [0.2, 0.25) is 5.15 Å². The maximum absolute atomic E-state index is 8.95. The minimum absolute atomic E-state index is 0.204. The number of para-hydroxylation sites is 1. The van der Waals surface area contributed by atoms with Crippen LogP contribution in [-0.2, 0) is 0 Å². The van der Waals surface area contributed by atoms with E-state index in [0.717, 1.165) is 5.75 Å². The molecule has 0 spiro atoms. The van der Waals surface area contributed by atoms with E-state index in [9.17, 15) is 0 Å². The Kier molecular flexibility index (Phi) is 4.41. The minimum Gasteiger partial charge on any atom is -0.457 e. The van der Waals surface area contributed by atoms with Crippen LogP contribution in [0.1, 0.15) is 5.56 Å². The fraction of sp³-hybridized carbons (Fsp3) is 0. The van der Waals surface area contributed by atoms with Crippen molar-refractivity contribution in [3.63, 3.8) is 0 Å². The molecule has 0 radical (unpaired) electrons. The molecule has 0 aliphatic carbocycles. The summed E-state index contributed by atoms with van der Waals surface area (Å²) in [6.45, 7) is 0. The van der Waals surface area contributed by atoms with Crippen LogP contribution in [0.5, 0.6) is 23.1 Å². The number of hydrogen-bond donors (Lipinski definition) is 0. The van der Waals surface area contributed by atoms with Crippen molar-refractivity contribution in [1.29, 1.82) is 5.26 Å². The van der Waals surface area contributed by atoms with Gasteiger partial charge in [0.15, 0.2) is 0 Å². The first-order chi connectivity index (χ1) is 11.2. The van der Waals surface area contributed by atoms with Crippen molar-refractivity contribution < 1.29 is 9.47 Å². The average molecular weight is 323 g/mol. The molecule has 0 unspecified atom stereocenters. The summed E-state index contributed by atoms with van der Waals surface area (Å²) in [6, 6.07) is 21.6. The Morgan fingerprint density at radius 3 is 2.26 bits per heavy atom. The second-order valence-corrected chi connectivity index (χ2v) is 5.01. The third kappa shape index (κ3) is 4.00. The number of ether oxygens (including phenoxy) is 2. The Hall–Kier alpha value is -3.03. The number of pyridine rings is 1. The Balaban J connectivity index is 1.80. The van der Waals surface area contributed by atoms with Gasteiger partial charge in [-0.3, -0.25) is 0 Å². The number of aromatic nitrogens is 1. The molecule has 0 saturated heterocycles. The van der Waals surface area contributed by atoms with E-state index < -0.39 is 0 Å². The molecule has 1 aromatic heterocycles. The first kappa shape index (κ1) is 14.9. The van der Waals surface area contributed by atoms with Crippen molar-refractivity contribution in [2.24, 2.45) is 0 Å². The van der Waals surface area contributed by atoms with Gasteiger partial charge in [-0.05, 0) is 30.3 Å². The van der Waals surface area contributed by atoms with Gasteiger partial charge in [0.2, 0.25) is 5.88 Å². The highest BCUT2D eigenvalue weighted by molar-refractivity contribution is 6.29. The molecule has 0 saturated carbocycles. The van der Waals surface area contributed by atoms with E-state index in [1.165, 1.54) is 12.1 Å². The molecule has 0 atom stereocenters. The van der Waals surface area contributed by atoms with Gasteiger partial charge in [-0.2, -0.15) is 5.26 Å². The summed E-state index contributed by atoms with van der Waals surface area (Å²) in [4.78, 5) is 4.04. The summed E-state index contributed by atoms with van der Waals surface area (Å²) in [5, 5.41) is 9.15. The van der Waals surface area contributed by atoms with E-state index in [-0.39, 0.29) is 11.0 Å². The number of nitriles is 1. The first-order valence-corrected chi connectivity index (χ1v) is 7.19. The van der Waals surface area contributed by atoms with Crippen molar-refractivity contribution in [2.45, 2.75) is 0 Å². The molecule has 0 N–H and O–H groups in total. The lowest BCUT2D eigenvalue weighted by molar-refractivity contribution is 0.449. The van der Waals surface area contributed by atoms with Crippen LogP contribution in [0.15, 0.2) is 66.7 Å². The lowest BCUT2D eigenvalue weighted by Crippen LogP contribution is -1.91. The van der Waals surface area contributed by atoms with Crippen LogP contribution in [0, 0.1) is 11.3 Å². The molecule has 112 valence electrons. The Bertz CT molecular complexity index is 860. The molecule has 3 rings (SSSR count). The summed E-state index contributed by atoms with van der Waals surface area (Å²) >= 11 is 5.87. The molecule has 23 heavy (non-hydrogen) atoms. The Morgan fingerprint density at radius 1 is 0.826 bits per heavy atom. The second kappa shape index (κ2) is 6.82. The third-order valence-corrected chi connectivity index (χ3v) is 3.10. The van der Waals surface area contributed by atoms with Gasteiger partial charge in [-0.25, -0.2) is 4.98 Å². The zero-order chi connectivity index (χ0) is 16.1. The van der Waals surface area contributed by atoms with Crippen LogP contribution >= 0.6 is 11.6 Å². The molecule has 0 aliphatic heterocycles. The highest BCUT2D eigenvalue weighted by atomic mass is 35.5. The van der Waals surface area contributed by atoms with Gasteiger partial charge in [0.25, 0.3) is 0 Å². The molecule has 0 amide bonds. The topological polar surface area (TPSA) is 55.1 Å². The molecule has 0 fully saturated rings. The van der Waals surface area contributed by atoms with Gasteiger partial charge >= 0.3 is 0 Å². The third-order valence-electron chi connectivity index (χ3n) is 2.91. The van der Waals surface area contributed by atoms with E-state index in [1.807, 2.05) is 48.5 Å². The van der Waals surface area contributed by atoms with Crippen molar-refractivity contribution in [2.75, 3.05) is 0 Å². The maximum atomic E-state index is 8.95. The second-order valence-electron chi connectivity index (χ2n) is 4.62. The number of rotatable bonds is 4. The summed E-state index contributed by atoms with van der Waals surface area (Å²) < 4.78 is 11.4. The predicted octanol–water partition coefficient (Wildman–Crippen LogP) is 5.19. The molecule has 5 heteroatoms. The average Bonchev–Trinajstić information content (AvgIpc) is 2.55. The standard InChI is InChI=1S/C18H11ClN2O2/c19-17-9-13(12-20)10-18(21-17)23-16-8-4-7-15(11-16)22-14-5-2-1-3-6-14/h1-11H. The van der Waals surface area contributed by atoms with Gasteiger partial charge in [0, 0.05) is 12.1 Å². The van der Waals surface area contributed by atoms with Gasteiger partial charge in [-0.1, -0.05) is 35.9 Å². The number of hydrogen-bond acceptors (Lipinski definition) is 4. The minimum atomic E-state index is 0.204. The van der Waals surface area contributed by atoms with E-state index in [0.29, 0.717) is 17.1 Å². The molecular formula is C18H11ClN2O2. The quantitative estimate of drug-likeness (QED) is 0.620. The monoisotopic (exact) mass is 322 g/mol. The Labute approximate surface area is 138 Å². The van der Waals surface area contributed by atoms with Crippen LogP contribution < -0.4 is 9.47 Å².